The van der Waals surface area contributed by atoms with E-state index in [1.807, 2.05) is 35.3 Å². The Labute approximate surface area is 173 Å². The number of thioether (sulfide) groups is 5. The molecule has 0 saturated carbocycles. The lowest BCUT2D eigenvalue weighted by Gasteiger charge is -2.10. The third-order valence-corrected chi connectivity index (χ3v) is 9.19. The van der Waals surface area contributed by atoms with Gasteiger partial charge in [-0.15, -0.1) is 35.3 Å². The van der Waals surface area contributed by atoms with Gasteiger partial charge in [-0.2, -0.15) is 11.8 Å². The van der Waals surface area contributed by atoms with Crippen LogP contribution in [0.4, 0.5) is 0 Å². The van der Waals surface area contributed by atoms with E-state index in [1.165, 1.54) is 51.8 Å². The van der Waals surface area contributed by atoms with Gasteiger partial charge in [0.15, 0.2) is 0 Å². The van der Waals surface area contributed by atoms with E-state index in [4.69, 9.17) is 0 Å². The smallest absolute Gasteiger partial charge is 0.211 e. The fraction of sp³-hybridized carbons (Fsp3) is 0.421. The molecule has 1 unspecified atom stereocenters. The number of allylic oxidation sites excluding steroid dienone is 1. The number of hydrogen-bond acceptors (Lipinski definition) is 6. The van der Waals surface area contributed by atoms with Gasteiger partial charge in [0.1, 0.15) is 0 Å². The highest BCUT2D eigenvalue weighted by Crippen LogP contribution is 2.52. The normalized spacial score (nSPS) is 16.7. The number of carbonyl (C=O) groups excluding carboxylic acids is 1. The molecule has 1 heterocycles. The molecular weight excluding hydrogens is 405 g/mol. The third kappa shape index (κ3) is 8.12. The first-order valence-electron chi connectivity index (χ1n) is 8.25. The maximum absolute atomic E-state index is 11.1. The van der Waals surface area contributed by atoms with Gasteiger partial charge in [0.05, 0.1) is 4.58 Å². The number of hydrogen-bond donors (Lipinski definition) is 0. The molecule has 0 saturated heterocycles. The zero-order chi connectivity index (χ0) is 17.9. The van der Waals surface area contributed by atoms with Crippen LogP contribution in [0.15, 0.2) is 52.1 Å². The van der Waals surface area contributed by atoms with Crippen LogP contribution >= 0.6 is 58.8 Å². The molecule has 0 amide bonds. The van der Waals surface area contributed by atoms with E-state index in [9.17, 15) is 4.79 Å². The molecule has 25 heavy (non-hydrogen) atoms. The zero-order valence-electron chi connectivity index (χ0n) is 14.4. The van der Waals surface area contributed by atoms with Crippen LogP contribution in [0.25, 0.3) is 0 Å². The SMILES string of the molecule is C=CC(=O)SCCCSCCCC1=CSC(c2ccc(SC)cc2)S1. The van der Waals surface area contributed by atoms with Crippen molar-refractivity contribution < 1.29 is 4.79 Å². The first-order chi connectivity index (χ1) is 12.2. The highest BCUT2D eigenvalue weighted by Gasteiger charge is 2.20. The quantitative estimate of drug-likeness (QED) is 0.211. The summed E-state index contributed by atoms with van der Waals surface area (Å²) in [5.41, 5.74) is 1.42. The minimum absolute atomic E-state index is 0.0883. The van der Waals surface area contributed by atoms with Crippen molar-refractivity contribution >= 4 is 63.9 Å². The maximum Gasteiger partial charge on any atom is 0.211 e. The molecule has 6 heteroatoms. The summed E-state index contributed by atoms with van der Waals surface area (Å²) >= 11 is 9.12. The van der Waals surface area contributed by atoms with Crippen molar-refractivity contribution in [2.75, 3.05) is 23.5 Å². The third-order valence-electron chi connectivity index (χ3n) is 3.53. The second-order valence-electron chi connectivity index (χ2n) is 5.38. The van der Waals surface area contributed by atoms with Crippen molar-refractivity contribution in [3.8, 4) is 0 Å². The predicted molar refractivity (Wildman–Crippen MR) is 123 cm³/mol. The summed E-state index contributed by atoms with van der Waals surface area (Å²) in [6.45, 7) is 3.48. The standard InChI is InChI=1S/C19H24OS5/c1-3-18(20)23-13-5-12-22-11-4-6-17-14-24-19(25-17)15-7-9-16(21-2)10-8-15/h3,7-10,14,19H,1,4-6,11-13H2,2H3. The molecule has 1 aromatic carbocycles. The van der Waals surface area contributed by atoms with Gasteiger partial charge in [-0.25, -0.2) is 0 Å². The molecule has 1 aromatic rings. The first-order valence-corrected chi connectivity index (χ1v) is 13.4. The lowest BCUT2D eigenvalue weighted by molar-refractivity contribution is -0.107. The summed E-state index contributed by atoms with van der Waals surface area (Å²) in [6, 6.07) is 8.96. The second kappa shape index (κ2) is 12.5. The van der Waals surface area contributed by atoms with Crippen LogP contribution < -0.4 is 0 Å². The van der Waals surface area contributed by atoms with Crippen LogP contribution in [-0.4, -0.2) is 28.6 Å². The van der Waals surface area contributed by atoms with Gasteiger partial charge in [-0.05, 0) is 71.1 Å². The van der Waals surface area contributed by atoms with Gasteiger partial charge in [-0.3, -0.25) is 4.79 Å². The zero-order valence-corrected chi connectivity index (χ0v) is 18.5. The Morgan fingerprint density at radius 2 is 1.96 bits per heavy atom. The van der Waals surface area contributed by atoms with Gasteiger partial charge >= 0.3 is 0 Å². The molecule has 1 nitrogen and oxygen atoms in total. The highest BCUT2D eigenvalue weighted by atomic mass is 32.2. The lowest BCUT2D eigenvalue weighted by Crippen LogP contribution is -1.91. The first kappa shape index (κ1) is 21.4. The molecule has 0 bridgehead atoms. The molecule has 1 atom stereocenters. The molecule has 1 aliphatic heterocycles. The van der Waals surface area contributed by atoms with E-state index in [1.54, 1.807) is 11.8 Å². The molecule has 1 aliphatic rings. The number of rotatable bonds is 11. The minimum atomic E-state index is 0.0883. The summed E-state index contributed by atoms with van der Waals surface area (Å²) in [7, 11) is 0. The van der Waals surface area contributed by atoms with E-state index in [0.29, 0.717) is 4.58 Å². The Bertz CT molecular complexity index is 582. The molecule has 0 aromatic heterocycles. The van der Waals surface area contributed by atoms with E-state index in [0.717, 1.165) is 17.9 Å². The van der Waals surface area contributed by atoms with Crippen LogP contribution in [0, 0.1) is 0 Å². The molecule has 0 N–H and O–H groups in total. The van der Waals surface area contributed by atoms with Crippen molar-refractivity contribution in [2.24, 2.45) is 0 Å². The van der Waals surface area contributed by atoms with E-state index in [-0.39, 0.29) is 5.12 Å². The van der Waals surface area contributed by atoms with Crippen LogP contribution in [-0.2, 0) is 4.79 Å². The number of benzene rings is 1. The number of carbonyl (C=O) groups is 1. The summed E-state index contributed by atoms with van der Waals surface area (Å²) in [5.74, 6) is 3.25. The minimum Gasteiger partial charge on any atom is -0.282 e. The summed E-state index contributed by atoms with van der Waals surface area (Å²) in [4.78, 5) is 13.9. The molecule has 0 fully saturated rings. The largest absolute Gasteiger partial charge is 0.282 e. The van der Waals surface area contributed by atoms with Crippen LogP contribution in [0.2, 0.25) is 0 Å². The fourth-order valence-electron chi connectivity index (χ4n) is 2.20. The Hall–Kier alpha value is 0.120. The molecule has 2 rings (SSSR count). The fourth-order valence-corrected chi connectivity index (χ4v) is 6.99. The van der Waals surface area contributed by atoms with Crippen molar-refractivity contribution in [1.29, 1.82) is 0 Å². The van der Waals surface area contributed by atoms with Gasteiger partial charge in [0.2, 0.25) is 5.12 Å². The summed E-state index contributed by atoms with van der Waals surface area (Å²) < 4.78 is 0.526. The van der Waals surface area contributed by atoms with Crippen LogP contribution in [0.1, 0.15) is 29.4 Å². The van der Waals surface area contributed by atoms with Crippen molar-refractivity contribution in [3.63, 3.8) is 0 Å². The highest BCUT2D eigenvalue weighted by molar-refractivity contribution is 8.22. The summed E-state index contributed by atoms with van der Waals surface area (Å²) in [6.07, 6.45) is 7.03. The molecule has 136 valence electrons. The second-order valence-corrected chi connectivity index (χ2v) is 11.1. The summed E-state index contributed by atoms with van der Waals surface area (Å²) in [5, 5.41) is 2.44. The Morgan fingerprint density at radius 3 is 2.68 bits per heavy atom. The lowest BCUT2D eigenvalue weighted by atomic mass is 10.2. The van der Waals surface area contributed by atoms with E-state index in [2.05, 4.69) is 42.5 Å². The predicted octanol–water partition coefficient (Wildman–Crippen LogP) is 7.08. The molecule has 0 radical (unpaired) electrons. The molecule has 0 aliphatic carbocycles. The maximum atomic E-state index is 11.1. The Kier molecular flexibility index (Phi) is 10.7. The average molecular weight is 429 g/mol. The average Bonchev–Trinajstić information content (AvgIpc) is 3.12. The Balaban J connectivity index is 1.54. The Morgan fingerprint density at radius 1 is 1.20 bits per heavy atom. The van der Waals surface area contributed by atoms with Gasteiger partial charge in [0.25, 0.3) is 0 Å². The monoisotopic (exact) mass is 428 g/mol. The van der Waals surface area contributed by atoms with Gasteiger partial charge in [0, 0.05) is 10.6 Å². The molecular formula is C19H24OS5. The van der Waals surface area contributed by atoms with Crippen LogP contribution in [0.5, 0.6) is 0 Å². The van der Waals surface area contributed by atoms with Crippen molar-refractivity contribution in [2.45, 2.75) is 28.7 Å². The van der Waals surface area contributed by atoms with Crippen LogP contribution in [0.3, 0.4) is 0 Å². The van der Waals surface area contributed by atoms with E-state index < -0.39 is 0 Å². The molecule has 0 spiro atoms. The van der Waals surface area contributed by atoms with Gasteiger partial charge < -0.3 is 0 Å². The van der Waals surface area contributed by atoms with E-state index >= 15 is 0 Å². The van der Waals surface area contributed by atoms with Crippen molar-refractivity contribution in [1.82, 2.24) is 0 Å². The van der Waals surface area contributed by atoms with Crippen molar-refractivity contribution in [3.05, 3.63) is 52.8 Å². The van der Waals surface area contributed by atoms with Gasteiger partial charge in [-0.1, -0.05) is 30.5 Å². The topological polar surface area (TPSA) is 17.1 Å².